The van der Waals surface area contributed by atoms with Gasteiger partial charge in [-0.25, -0.2) is 0 Å². The number of aromatic hydroxyl groups is 4. The van der Waals surface area contributed by atoms with Gasteiger partial charge in [0, 0.05) is 12.8 Å². The second-order valence-corrected chi connectivity index (χ2v) is 6.53. The van der Waals surface area contributed by atoms with Crippen molar-refractivity contribution < 1.29 is 25.2 Å². The summed E-state index contributed by atoms with van der Waals surface area (Å²) in [4.78, 5) is 12.1. The van der Waals surface area contributed by atoms with Gasteiger partial charge in [0.2, 0.25) is 0 Å². The number of Topliss-reactive ketones (excluding diaryl/α,β-unsaturated/α-hetero) is 1. The average molecular weight is 344 g/mol. The number of hydrogen-bond donors (Lipinski definition) is 4. The molecule has 134 valence electrons. The van der Waals surface area contributed by atoms with Crippen molar-refractivity contribution >= 4 is 5.78 Å². The molecule has 0 unspecified atom stereocenters. The van der Waals surface area contributed by atoms with Gasteiger partial charge >= 0.3 is 0 Å². The van der Waals surface area contributed by atoms with E-state index in [1.807, 2.05) is 6.92 Å². The number of benzene rings is 2. The fourth-order valence-corrected chi connectivity index (χ4v) is 2.74. The number of phenols is 4. The first-order valence-corrected chi connectivity index (χ1v) is 8.38. The van der Waals surface area contributed by atoms with Gasteiger partial charge in [-0.3, -0.25) is 4.79 Å². The number of ketones is 1. The number of aryl methyl sites for hydroxylation is 2. The molecule has 2 rings (SSSR count). The van der Waals surface area contributed by atoms with Crippen LogP contribution in [0.2, 0.25) is 0 Å². The van der Waals surface area contributed by atoms with Crippen molar-refractivity contribution in [1.29, 1.82) is 0 Å². The van der Waals surface area contributed by atoms with Gasteiger partial charge in [-0.05, 0) is 60.6 Å². The van der Waals surface area contributed by atoms with Gasteiger partial charge in [0.15, 0.2) is 23.0 Å². The van der Waals surface area contributed by atoms with Crippen LogP contribution in [0.5, 0.6) is 23.0 Å². The molecule has 1 atom stereocenters. The molecule has 0 radical (unpaired) electrons. The molecule has 0 fully saturated rings. The lowest BCUT2D eigenvalue weighted by atomic mass is 9.94. The number of carbonyl (C=O) groups is 1. The number of hydrogen-bond acceptors (Lipinski definition) is 5. The lowest BCUT2D eigenvalue weighted by Gasteiger charge is -2.11. The van der Waals surface area contributed by atoms with Crippen LogP contribution in [0, 0.1) is 5.92 Å². The summed E-state index contributed by atoms with van der Waals surface area (Å²) in [6, 6.07) is 9.37. The fourth-order valence-electron chi connectivity index (χ4n) is 2.74. The van der Waals surface area contributed by atoms with E-state index in [0.29, 0.717) is 19.3 Å². The highest BCUT2D eigenvalue weighted by Crippen LogP contribution is 2.27. The molecular formula is C20H24O5. The lowest BCUT2D eigenvalue weighted by molar-refractivity contribution is -0.119. The van der Waals surface area contributed by atoms with Gasteiger partial charge in [-0.2, -0.15) is 0 Å². The quantitative estimate of drug-likeness (QED) is 0.548. The Hall–Kier alpha value is -2.69. The molecule has 2 aromatic rings. The molecule has 0 heterocycles. The molecule has 0 aliphatic rings. The van der Waals surface area contributed by atoms with Crippen LogP contribution in [0.1, 0.15) is 37.3 Å². The van der Waals surface area contributed by atoms with E-state index in [9.17, 15) is 25.2 Å². The Morgan fingerprint density at radius 2 is 1.36 bits per heavy atom. The Balaban J connectivity index is 1.75. The van der Waals surface area contributed by atoms with Crippen LogP contribution in [-0.2, 0) is 17.6 Å². The van der Waals surface area contributed by atoms with E-state index in [4.69, 9.17) is 0 Å². The standard InChI is InChI=1S/C20H24O5/c1-13(2-3-14-5-8-17(22)19(24)11-14)10-16(21)7-4-15-6-9-18(23)20(25)12-15/h5-6,8-9,11-13,22-25H,2-4,7,10H2,1H3/t13-/m0/s1. The molecular weight excluding hydrogens is 320 g/mol. The fraction of sp³-hybridized carbons (Fsp3) is 0.350. The van der Waals surface area contributed by atoms with Crippen molar-refractivity contribution in [3.05, 3.63) is 47.5 Å². The van der Waals surface area contributed by atoms with Gasteiger partial charge < -0.3 is 20.4 Å². The zero-order chi connectivity index (χ0) is 18.4. The van der Waals surface area contributed by atoms with E-state index < -0.39 is 0 Å². The summed E-state index contributed by atoms with van der Waals surface area (Å²) in [6.07, 6.45) is 2.96. The number of phenolic OH excluding ortho intramolecular Hbond substituents is 4. The van der Waals surface area contributed by atoms with Crippen LogP contribution in [0.25, 0.3) is 0 Å². The van der Waals surface area contributed by atoms with Crippen LogP contribution in [0.3, 0.4) is 0 Å². The molecule has 0 saturated carbocycles. The topological polar surface area (TPSA) is 98.0 Å². The molecule has 0 saturated heterocycles. The van der Waals surface area contributed by atoms with E-state index in [-0.39, 0.29) is 34.7 Å². The summed E-state index contributed by atoms with van der Waals surface area (Å²) in [5.41, 5.74) is 1.74. The van der Waals surface area contributed by atoms with Gasteiger partial charge in [-0.15, -0.1) is 0 Å². The van der Waals surface area contributed by atoms with Crippen molar-refractivity contribution in [3.8, 4) is 23.0 Å². The van der Waals surface area contributed by atoms with E-state index in [1.165, 1.54) is 18.2 Å². The molecule has 5 heteroatoms. The summed E-state index contributed by atoms with van der Waals surface area (Å²) in [6.45, 7) is 2.02. The molecule has 0 amide bonds. The van der Waals surface area contributed by atoms with E-state index >= 15 is 0 Å². The largest absolute Gasteiger partial charge is 0.504 e. The molecule has 0 aromatic heterocycles. The minimum absolute atomic E-state index is 0.127. The molecule has 4 N–H and O–H groups in total. The molecule has 0 spiro atoms. The molecule has 25 heavy (non-hydrogen) atoms. The van der Waals surface area contributed by atoms with Gasteiger partial charge in [0.05, 0.1) is 0 Å². The highest BCUT2D eigenvalue weighted by Gasteiger charge is 2.11. The van der Waals surface area contributed by atoms with E-state index in [2.05, 4.69) is 0 Å². The molecule has 0 aliphatic heterocycles. The zero-order valence-corrected chi connectivity index (χ0v) is 14.3. The SMILES string of the molecule is C[C@@H](CCc1ccc(O)c(O)c1)CC(=O)CCc1ccc(O)c(O)c1. The first-order chi connectivity index (χ1) is 11.8. The van der Waals surface area contributed by atoms with Crippen LogP contribution in [-0.4, -0.2) is 26.2 Å². The minimum Gasteiger partial charge on any atom is -0.504 e. The normalized spacial score (nSPS) is 12.0. The Morgan fingerprint density at radius 3 is 1.88 bits per heavy atom. The van der Waals surface area contributed by atoms with Gasteiger partial charge in [0.1, 0.15) is 5.78 Å². The molecule has 0 aliphatic carbocycles. The van der Waals surface area contributed by atoms with E-state index in [0.717, 1.165) is 24.0 Å². The highest BCUT2D eigenvalue weighted by atomic mass is 16.3. The van der Waals surface area contributed by atoms with Crippen LogP contribution in [0.4, 0.5) is 0 Å². The first-order valence-electron chi connectivity index (χ1n) is 8.38. The second-order valence-electron chi connectivity index (χ2n) is 6.53. The van der Waals surface area contributed by atoms with Crippen molar-refractivity contribution in [2.24, 2.45) is 5.92 Å². The van der Waals surface area contributed by atoms with Crippen molar-refractivity contribution in [1.82, 2.24) is 0 Å². The first kappa shape index (κ1) is 18.6. The Bertz CT molecular complexity index is 739. The maximum Gasteiger partial charge on any atom is 0.157 e. The third kappa shape index (κ3) is 5.71. The predicted molar refractivity (Wildman–Crippen MR) is 95.0 cm³/mol. The Labute approximate surface area is 147 Å². The minimum atomic E-state index is -0.171. The molecule has 0 bridgehead atoms. The lowest BCUT2D eigenvalue weighted by Crippen LogP contribution is -2.07. The summed E-state index contributed by atoms with van der Waals surface area (Å²) in [5.74, 6) is -0.213. The third-order valence-electron chi connectivity index (χ3n) is 4.27. The van der Waals surface area contributed by atoms with Gasteiger partial charge in [0.25, 0.3) is 0 Å². The predicted octanol–water partition coefficient (Wildman–Crippen LogP) is 3.67. The number of carbonyl (C=O) groups excluding carboxylic acids is 1. The van der Waals surface area contributed by atoms with Crippen molar-refractivity contribution in [3.63, 3.8) is 0 Å². The summed E-state index contributed by atoms with van der Waals surface area (Å²) in [5, 5.41) is 37.5. The Morgan fingerprint density at radius 1 is 0.840 bits per heavy atom. The molecule has 2 aromatic carbocycles. The van der Waals surface area contributed by atoms with Crippen molar-refractivity contribution in [2.45, 2.75) is 39.0 Å². The van der Waals surface area contributed by atoms with Crippen LogP contribution in [0.15, 0.2) is 36.4 Å². The summed E-state index contributed by atoms with van der Waals surface area (Å²) in [7, 11) is 0. The van der Waals surface area contributed by atoms with Crippen LogP contribution < -0.4 is 0 Å². The Kier molecular flexibility index (Phi) is 6.28. The summed E-state index contributed by atoms with van der Waals surface area (Å²) >= 11 is 0. The zero-order valence-electron chi connectivity index (χ0n) is 14.3. The monoisotopic (exact) mass is 344 g/mol. The molecule has 5 nitrogen and oxygen atoms in total. The van der Waals surface area contributed by atoms with Crippen molar-refractivity contribution in [2.75, 3.05) is 0 Å². The summed E-state index contributed by atoms with van der Waals surface area (Å²) < 4.78 is 0. The maximum absolute atomic E-state index is 12.1. The number of rotatable bonds is 8. The van der Waals surface area contributed by atoms with E-state index in [1.54, 1.807) is 18.2 Å². The smallest absolute Gasteiger partial charge is 0.157 e. The second kappa shape index (κ2) is 8.42. The average Bonchev–Trinajstić information content (AvgIpc) is 2.57. The highest BCUT2D eigenvalue weighted by molar-refractivity contribution is 5.78. The maximum atomic E-state index is 12.1. The third-order valence-corrected chi connectivity index (χ3v) is 4.27. The van der Waals surface area contributed by atoms with Gasteiger partial charge in [-0.1, -0.05) is 19.1 Å². The van der Waals surface area contributed by atoms with Crippen LogP contribution >= 0.6 is 0 Å².